The van der Waals surface area contributed by atoms with Crippen LogP contribution in [0.4, 0.5) is 5.82 Å². The highest BCUT2D eigenvalue weighted by atomic mass is 16.2. The molecule has 0 N–H and O–H groups in total. The highest BCUT2D eigenvalue weighted by molar-refractivity contribution is 5.84. The lowest BCUT2D eigenvalue weighted by Gasteiger charge is -2.37. The van der Waals surface area contributed by atoms with Crippen molar-refractivity contribution in [2.75, 3.05) is 31.1 Å². The average Bonchev–Trinajstić information content (AvgIpc) is 3.10. The first-order chi connectivity index (χ1) is 17.3. The maximum absolute atomic E-state index is 13.3. The van der Waals surface area contributed by atoms with Crippen LogP contribution in [0.1, 0.15) is 56.3 Å². The van der Waals surface area contributed by atoms with Crippen LogP contribution in [0.15, 0.2) is 36.7 Å². The standard InChI is InChI=1S/C28H36N6O/c35-28(33-15-10-22(11-16-33)19-21-7-3-1-4-8-21)23-12-17-32(18-13-23)26-25-27(30-20-29-26)34-14-6-2-5-9-24(34)31-25/h1,3-4,7-8,20,22-23H,2,5-6,9-19H2. The molecule has 184 valence electrons. The molecule has 6 rings (SSSR count). The summed E-state index contributed by atoms with van der Waals surface area (Å²) in [5.41, 5.74) is 3.33. The fraction of sp³-hybridized carbons (Fsp3) is 0.571. The van der Waals surface area contributed by atoms with Crippen molar-refractivity contribution in [2.24, 2.45) is 11.8 Å². The lowest BCUT2D eigenvalue weighted by atomic mass is 9.88. The first-order valence-corrected chi connectivity index (χ1v) is 13.5. The Bertz CT molecular complexity index is 1160. The number of aryl methyl sites for hydroxylation is 2. The van der Waals surface area contributed by atoms with Crippen molar-refractivity contribution in [3.63, 3.8) is 0 Å². The van der Waals surface area contributed by atoms with E-state index in [-0.39, 0.29) is 5.92 Å². The molecule has 1 amide bonds. The number of carbonyl (C=O) groups excluding carboxylic acids is 1. The summed E-state index contributed by atoms with van der Waals surface area (Å²) in [6, 6.07) is 10.8. The molecule has 7 nitrogen and oxygen atoms in total. The molecule has 7 heteroatoms. The molecule has 0 radical (unpaired) electrons. The van der Waals surface area contributed by atoms with E-state index in [0.717, 1.165) is 94.1 Å². The van der Waals surface area contributed by atoms with Crippen LogP contribution in [0, 0.1) is 11.8 Å². The summed E-state index contributed by atoms with van der Waals surface area (Å²) in [5, 5.41) is 0. The largest absolute Gasteiger partial charge is 0.355 e. The van der Waals surface area contributed by atoms with Gasteiger partial charge in [0.15, 0.2) is 17.0 Å². The van der Waals surface area contributed by atoms with Gasteiger partial charge in [-0.1, -0.05) is 36.8 Å². The number of rotatable bonds is 4. The number of hydrogen-bond donors (Lipinski definition) is 0. The molecule has 0 bridgehead atoms. The molecule has 35 heavy (non-hydrogen) atoms. The van der Waals surface area contributed by atoms with Crippen LogP contribution in [0.25, 0.3) is 11.2 Å². The number of aromatic nitrogens is 4. The second kappa shape index (κ2) is 9.96. The average molecular weight is 473 g/mol. The molecular weight excluding hydrogens is 436 g/mol. The summed E-state index contributed by atoms with van der Waals surface area (Å²) in [6.07, 6.45) is 11.5. The van der Waals surface area contributed by atoms with Crippen molar-refractivity contribution in [2.45, 2.75) is 64.3 Å². The lowest BCUT2D eigenvalue weighted by Crippen LogP contribution is -2.45. The van der Waals surface area contributed by atoms with Gasteiger partial charge in [0, 0.05) is 45.1 Å². The van der Waals surface area contributed by atoms with E-state index in [2.05, 4.69) is 54.7 Å². The summed E-state index contributed by atoms with van der Waals surface area (Å²) in [4.78, 5) is 32.0. The van der Waals surface area contributed by atoms with Crippen LogP contribution in [-0.4, -0.2) is 56.5 Å². The number of fused-ring (bicyclic) bond motifs is 3. The second-order valence-electron chi connectivity index (χ2n) is 10.6. The molecule has 3 aliphatic heterocycles. The second-order valence-corrected chi connectivity index (χ2v) is 10.6. The summed E-state index contributed by atoms with van der Waals surface area (Å²) >= 11 is 0. The van der Waals surface area contributed by atoms with Gasteiger partial charge < -0.3 is 14.4 Å². The highest BCUT2D eigenvalue weighted by Crippen LogP contribution is 2.31. The molecule has 0 saturated carbocycles. The Morgan fingerprint density at radius 1 is 0.886 bits per heavy atom. The third-order valence-corrected chi connectivity index (χ3v) is 8.31. The van der Waals surface area contributed by atoms with E-state index in [0.29, 0.717) is 11.8 Å². The number of likely N-dealkylation sites (tertiary alicyclic amines) is 1. The van der Waals surface area contributed by atoms with Crippen molar-refractivity contribution < 1.29 is 4.79 Å². The van der Waals surface area contributed by atoms with Crippen LogP contribution in [0.2, 0.25) is 0 Å². The predicted molar refractivity (Wildman–Crippen MR) is 137 cm³/mol. The van der Waals surface area contributed by atoms with Crippen LogP contribution < -0.4 is 4.90 Å². The Balaban J connectivity index is 1.06. The van der Waals surface area contributed by atoms with Crippen LogP contribution in [0.5, 0.6) is 0 Å². The van der Waals surface area contributed by atoms with Crippen molar-refractivity contribution in [1.29, 1.82) is 0 Å². The number of carbonyl (C=O) groups is 1. The Labute approximate surface area is 207 Å². The molecule has 1 aromatic carbocycles. The van der Waals surface area contributed by atoms with Gasteiger partial charge in [-0.05, 0) is 56.4 Å². The fourth-order valence-electron chi connectivity index (χ4n) is 6.26. The Kier molecular flexibility index (Phi) is 6.40. The minimum absolute atomic E-state index is 0.132. The number of imidazole rings is 1. The van der Waals surface area contributed by atoms with Crippen molar-refractivity contribution in [3.05, 3.63) is 48.0 Å². The van der Waals surface area contributed by atoms with Crippen LogP contribution in [-0.2, 0) is 24.2 Å². The summed E-state index contributed by atoms with van der Waals surface area (Å²) in [7, 11) is 0. The third kappa shape index (κ3) is 4.65. The Hall–Kier alpha value is -2.96. The molecule has 2 saturated heterocycles. The smallest absolute Gasteiger partial charge is 0.225 e. The quantitative estimate of drug-likeness (QED) is 0.568. The molecule has 2 fully saturated rings. The Morgan fingerprint density at radius 2 is 1.69 bits per heavy atom. The van der Waals surface area contributed by atoms with E-state index in [1.54, 1.807) is 6.33 Å². The zero-order valence-electron chi connectivity index (χ0n) is 20.6. The van der Waals surface area contributed by atoms with Crippen molar-refractivity contribution >= 4 is 22.9 Å². The van der Waals surface area contributed by atoms with Gasteiger partial charge in [-0.25, -0.2) is 15.0 Å². The molecular formula is C28H36N6O. The van der Waals surface area contributed by atoms with Crippen molar-refractivity contribution in [3.8, 4) is 0 Å². The highest BCUT2D eigenvalue weighted by Gasteiger charge is 2.32. The normalized spacial score (nSPS) is 20.1. The predicted octanol–water partition coefficient (Wildman–Crippen LogP) is 4.25. The van der Waals surface area contributed by atoms with E-state index in [1.807, 2.05) is 0 Å². The SMILES string of the molecule is O=C(C1CCN(c2ncnc3c2nc2n3CCCCC2)CC1)N1CCC(Cc2ccccc2)CC1. The van der Waals surface area contributed by atoms with Crippen molar-refractivity contribution in [1.82, 2.24) is 24.4 Å². The van der Waals surface area contributed by atoms with Gasteiger partial charge in [0.2, 0.25) is 5.91 Å². The number of benzene rings is 1. The fourth-order valence-corrected chi connectivity index (χ4v) is 6.26. The third-order valence-electron chi connectivity index (χ3n) is 8.31. The molecule has 0 atom stereocenters. The van der Waals surface area contributed by atoms with E-state index < -0.39 is 0 Å². The molecule has 0 spiro atoms. The molecule has 3 aromatic rings. The van der Waals surface area contributed by atoms with Gasteiger partial charge in [-0.2, -0.15) is 0 Å². The molecule has 3 aliphatic rings. The van der Waals surface area contributed by atoms with Gasteiger partial charge in [0.05, 0.1) is 0 Å². The maximum atomic E-state index is 13.3. The van der Waals surface area contributed by atoms with E-state index in [1.165, 1.54) is 24.8 Å². The van der Waals surface area contributed by atoms with E-state index in [9.17, 15) is 4.79 Å². The number of piperidine rings is 2. The summed E-state index contributed by atoms with van der Waals surface area (Å²) in [6.45, 7) is 4.53. The topological polar surface area (TPSA) is 67.2 Å². The molecule has 5 heterocycles. The number of amides is 1. The summed E-state index contributed by atoms with van der Waals surface area (Å²) < 4.78 is 2.30. The zero-order valence-corrected chi connectivity index (χ0v) is 20.6. The van der Waals surface area contributed by atoms with Gasteiger partial charge in [0.1, 0.15) is 12.2 Å². The zero-order chi connectivity index (χ0) is 23.6. The maximum Gasteiger partial charge on any atom is 0.225 e. The van der Waals surface area contributed by atoms with Gasteiger partial charge in [-0.3, -0.25) is 4.79 Å². The first-order valence-electron chi connectivity index (χ1n) is 13.5. The van der Waals surface area contributed by atoms with Crippen LogP contribution in [0.3, 0.4) is 0 Å². The minimum Gasteiger partial charge on any atom is -0.355 e. The molecule has 0 unspecified atom stereocenters. The van der Waals surface area contributed by atoms with Crippen LogP contribution >= 0.6 is 0 Å². The van der Waals surface area contributed by atoms with Gasteiger partial charge in [0.25, 0.3) is 0 Å². The Morgan fingerprint density at radius 3 is 2.49 bits per heavy atom. The monoisotopic (exact) mass is 472 g/mol. The first kappa shape index (κ1) is 22.5. The van der Waals surface area contributed by atoms with Gasteiger partial charge in [-0.15, -0.1) is 0 Å². The van der Waals surface area contributed by atoms with E-state index in [4.69, 9.17) is 4.98 Å². The molecule has 2 aromatic heterocycles. The number of nitrogens with zero attached hydrogens (tertiary/aromatic N) is 6. The van der Waals surface area contributed by atoms with E-state index >= 15 is 0 Å². The summed E-state index contributed by atoms with van der Waals surface area (Å²) in [5.74, 6) is 3.29. The lowest BCUT2D eigenvalue weighted by molar-refractivity contribution is -0.137. The minimum atomic E-state index is 0.132. The van der Waals surface area contributed by atoms with Gasteiger partial charge >= 0.3 is 0 Å². The number of hydrogen-bond acceptors (Lipinski definition) is 5. The number of anilines is 1. The molecule has 0 aliphatic carbocycles.